The number of anilines is 2. The minimum atomic E-state index is -0.514. The van der Waals surface area contributed by atoms with Gasteiger partial charge in [0.25, 0.3) is 5.91 Å². The summed E-state index contributed by atoms with van der Waals surface area (Å²) in [5.74, 6) is 0.807. The molecular formula is C30H28N2O4S. The number of amides is 2. The lowest BCUT2D eigenvalue weighted by Gasteiger charge is -2.19. The lowest BCUT2D eigenvalue weighted by atomic mass is 10.1. The standard InChI is InChI=1S/C30H28N2O4S/c1-20-9-7-8-12-25(20)29(33)31-22-13-16-24(17-14-22)37-28(21-10-5-4-6-11-21)30(34)32-26-18-15-23(35-2)19-27(26)36-3/h4-19,28H,1-3H3,(H,31,33)(H,32,34). The fourth-order valence-electron chi connectivity index (χ4n) is 3.78. The molecule has 6 nitrogen and oxygen atoms in total. The van der Waals surface area contributed by atoms with Crippen LogP contribution in [0.5, 0.6) is 11.5 Å². The maximum absolute atomic E-state index is 13.5. The van der Waals surface area contributed by atoms with Crippen LogP contribution in [0.15, 0.2) is 102 Å². The Morgan fingerprint density at radius 3 is 2.16 bits per heavy atom. The van der Waals surface area contributed by atoms with Crippen molar-refractivity contribution in [1.82, 2.24) is 0 Å². The van der Waals surface area contributed by atoms with Crippen molar-refractivity contribution < 1.29 is 19.1 Å². The lowest BCUT2D eigenvalue weighted by Crippen LogP contribution is -2.19. The molecule has 4 aromatic carbocycles. The molecule has 0 radical (unpaired) electrons. The van der Waals surface area contributed by atoms with Crippen molar-refractivity contribution in [3.8, 4) is 11.5 Å². The van der Waals surface area contributed by atoms with Crippen LogP contribution < -0.4 is 20.1 Å². The van der Waals surface area contributed by atoms with E-state index < -0.39 is 5.25 Å². The summed E-state index contributed by atoms with van der Waals surface area (Å²) in [5, 5.41) is 5.42. The van der Waals surface area contributed by atoms with Gasteiger partial charge in [-0.3, -0.25) is 9.59 Å². The van der Waals surface area contributed by atoms with E-state index in [0.29, 0.717) is 28.4 Å². The van der Waals surface area contributed by atoms with E-state index in [-0.39, 0.29) is 11.8 Å². The van der Waals surface area contributed by atoms with Crippen LogP contribution in [0, 0.1) is 6.92 Å². The van der Waals surface area contributed by atoms with E-state index in [2.05, 4.69) is 10.6 Å². The fraction of sp³-hybridized carbons (Fsp3) is 0.133. The van der Waals surface area contributed by atoms with Crippen LogP contribution >= 0.6 is 11.8 Å². The molecule has 0 fully saturated rings. The zero-order chi connectivity index (χ0) is 26.2. The van der Waals surface area contributed by atoms with Crippen LogP contribution in [0.3, 0.4) is 0 Å². The highest BCUT2D eigenvalue weighted by atomic mass is 32.2. The molecule has 0 heterocycles. The van der Waals surface area contributed by atoms with Gasteiger partial charge in [-0.05, 0) is 60.5 Å². The number of carbonyl (C=O) groups is 2. The number of ether oxygens (including phenoxy) is 2. The van der Waals surface area contributed by atoms with Crippen LogP contribution in [0.4, 0.5) is 11.4 Å². The summed E-state index contributed by atoms with van der Waals surface area (Å²) in [6, 6.07) is 29.8. The fourth-order valence-corrected chi connectivity index (χ4v) is 4.80. The number of hydrogen-bond acceptors (Lipinski definition) is 5. The molecular weight excluding hydrogens is 484 g/mol. The molecule has 1 unspecified atom stereocenters. The third kappa shape index (κ3) is 6.51. The highest BCUT2D eigenvalue weighted by Crippen LogP contribution is 2.38. The molecule has 188 valence electrons. The van der Waals surface area contributed by atoms with Gasteiger partial charge < -0.3 is 20.1 Å². The van der Waals surface area contributed by atoms with Crippen molar-refractivity contribution in [2.24, 2.45) is 0 Å². The molecule has 0 saturated heterocycles. The molecule has 7 heteroatoms. The predicted molar refractivity (Wildman–Crippen MR) is 149 cm³/mol. The molecule has 0 aliphatic heterocycles. The normalized spacial score (nSPS) is 11.3. The summed E-state index contributed by atoms with van der Waals surface area (Å²) >= 11 is 1.43. The topological polar surface area (TPSA) is 76.7 Å². The number of thioether (sulfide) groups is 1. The van der Waals surface area contributed by atoms with Gasteiger partial charge in [-0.25, -0.2) is 0 Å². The lowest BCUT2D eigenvalue weighted by molar-refractivity contribution is -0.115. The smallest absolute Gasteiger partial charge is 0.255 e. The molecule has 0 aromatic heterocycles. The maximum atomic E-state index is 13.5. The average Bonchev–Trinajstić information content (AvgIpc) is 2.93. The Labute approximate surface area is 221 Å². The van der Waals surface area contributed by atoms with Crippen molar-refractivity contribution in [3.63, 3.8) is 0 Å². The number of methoxy groups -OCH3 is 2. The molecule has 0 aliphatic rings. The molecule has 0 bridgehead atoms. The van der Waals surface area contributed by atoms with E-state index in [1.54, 1.807) is 38.5 Å². The van der Waals surface area contributed by atoms with Crippen molar-refractivity contribution in [2.45, 2.75) is 17.1 Å². The second-order valence-corrected chi connectivity index (χ2v) is 9.44. The Morgan fingerprint density at radius 2 is 1.49 bits per heavy atom. The van der Waals surface area contributed by atoms with E-state index in [9.17, 15) is 9.59 Å². The zero-order valence-electron chi connectivity index (χ0n) is 20.9. The number of carbonyl (C=O) groups excluding carboxylic acids is 2. The third-order valence-electron chi connectivity index (χ3n) is 5.76. The molecule has 37 heavy (non-hydrogen) atoms. The molecule has 0 aliphatic carbocycles. The Hall–Kier alpha value is -4.23. The molecule has 4 rings (SSSR count). The van der Waals surface area contributed by atoms with Gasteiger partial charge in [0, 0.05) is 22.2 Å². The van der Waals surface area contributed by atoms with Gasteiger partial charge in [0.2, 0.25) is 5.91 Å². The van der Waals surface area contributed by atoms with Crippen LogP contribution in [-0.2, 0) is 4.79 Å². The highest BCUT2D eigenvalue weighted by Gasteiger charge is 2.23. The average molecular weight is 513 g/mol. The number of nitrogens with one attached hydrogen (secondary N) is 2. The van der Waals surface area contributed by atoms with Gasteiger partial charge in [-0.2, -0.15) is 0 Å². The zero-order valence-corrected chi connectivity index (χ0v) is 21.7. The van der Waals surface area contributed by atoms with Crippen molar-refractivity contribution in [2.75, 3.05) is 24.9 Å². The highest BCUT2D eigenvalue weighted by molar-refractivity contribution is 8.00. The van der Waals surface area contributed by atoms with Crippen LogP contribution in [0.25, 0.3) is 0 Å². The summed E-state index contributed by atoms with van der Waals surface area (Å²) in [6.45, 7) is 1.91. The van der Waals surface area contributed by atoms with Gasteiger partial charge in [0.05, 0.1) is 19.9 Å². The number of aryl methyl sites for hydroxylation is 1. The van der Waals surface area contributed by atoms with Gasteiger partial charge in [-0.1, -0.05) is 48.5 Å². The first-order valence-electron chi connectivity index (χ1n) is 11.7. The van der Waals surface area contributed by atoms with Crippen LogP contribution in [0.2, 0.25) is 0 Å². The van der Waals surface area contributed by atoms with Crippen LogP contribution in [0.1, 0.15) is 26.7 Å². The molecule has 2 amide bonds. The molecule has 4 aromatic rings. The van der Waals surface area contributed by atoms with Gasteiger partial charge in [0.1, 0.15) is 16.7 Å². The van der Waals surface area contributed by atoms with Crippen LogP contribution in [-0.4, -0.2) is 26.0 Å². The monoisotopic (exact) mass is 512 g/mol. The Kier molecular flexibility index (Phi) is 8.48. The first-order valence-corrected chi connectivity index (χ1v) is 12.6. The summed E-state index contributed by atoms with van der Waals surface area (Å²) in [7, 11) is 3.13. The SMILES string of the molecule is COc1ccc(NC(=O)C(Sc2ccc(NC(=O)c3ccccc3C)cc2)c2ccccc2)c(OC)c1. The largest absolute Gasteiger partial charge is 0.497 e. The van der Waals surface area contributed by atoms with E-state index in [1.165, 1.54) is 11.8 Å². The summed E-state index contributed by atoms with van der Waals surface area (Å²) in [6.07, 6.45) is 0. The number of benzene rings is 4. The molecule has 0 saturated carbocycles. The third-order valence-corrected chi connectivity index (χ3v) is 7.03. The maximum Gasteiger partial charge on any atom is 0.255 e. The van der Waals surface area contributed by atoms with E-state index in [4.69, 9.17) is 9.47 Å². The first kappa shape index (κ1) is 25.9. The number of hydrogen-bond donors (Lipinski definition) is 2. The summed E-state index contributed by atoms with van der Waals surface area (Å²) in [5.41, 5.74) is 3.66. The van der Waals surface area contributed by atoms with Gasteiger partial charge in [-0.15, -0.1) is 11.8 Å². The predicted octanol–water partition coefficient (Wildman–Crippen LogP) is 6.74. The molecule has 1 atom stereocenters. The Bertz CT molecular complexity index is 1370. The van der Waals surface area contributed by atoms with E-state index in [0.717, 1.165) is 16.0 Å². The van der Waals surface area contributed by atoms with Crippen molar-refractivity contribution in [3.05, 3.63) is 114 Å². The Morgan fingerprint density at radius 1 is 0.784 bits per heavy atom. The van der Waals surface area contributed by atoms with E-state index >= 15 is 0 Å². The second-order valence-electron chi connectivity index (χ2n) is 8.26. The second kappa shape index (κ2) is 12.1. The summed E-state index contributed by atoms with van der Waals surface area (Å²) < 4.78 is 10.7. The minimum Gasteiger partial charge on any atom is -0.497 e. The van der Waals surface area contributed by atoms with Crippen molar-refractivity contribution in [1.29, 1.82) is 0 Å². The molecule has 0 spiro atoms. The van der Waals surface area contributed by atoms with Gasteiger partial charge >= 0.3 is 0 Å². The quantitative estimate of drug-likeness (QED) is 0.243. The Balaban J connectivity index is 1.51. The van der Waals surface area contributed by atoms with Crippen molar-refractivity contribution >= 4 is 35.0 Å². The van der Waals surface area contributed by atoms with Gasteiger partial charge in [0.15, 0.2) is 0 Å². The molecule has 2 N–H and O–H groups in total. The first-order chi connectivity index (χ1) is 18.0. The minimum absolute atomic E-state index is 0.159. The van der Waals surface area contributed by atoms with E-state index in [1.807, 2.05) is 79.7 Å². The summed E-state index contributed by atoms with van der Waals surface area (Å²) in [4.78, 5) is 27.0. The number of rotatable bonds is 9.